The van der Waals surface area contributed by atoms with Gasteiger partial charge >= 0.3 is 0 Å². The highest BCUT2D eigenvalue weighted by Crippen LogP contribution is 2.26. The summed E-state index contributed by atoms with van der Waals surface area (Å²) in [5, 5.41) is 1.28. The summed E-state index contributed by atoms with van der Waals surface area (Å²) in [7, 11) is 1.92. The third kappa shape index (κ3) is 1.68. The van der Waals surface area contributed by atoms with Crippen LogP contribution < -0.4 is 0 Å². The molecule has 1 amide bonds. The number of aryl methyl sites for hydroxylation is 1. The summed E-state index contributed by atoms with van der Waals surface area (Å²) in [5.41, 5.74) is 1.51. The molecule has 0 bridgehead atoms. The summed E-state index contributed by atoms with van der Waals surface area (Å²) in [4.78, 5) is 18.5. The number of nitrogens with zero attached hydrogens (tertiary/aromatic N) is 3. The molecule has 5 heteroatoms. The zero-order valence-electron chi connectivity index (χ0n) is 10.2. The van der Waals surface area contributed by atoms with E-state index in [4.69, 9.17) is 11.6 Å². The van der Waals surface area contributed by atoms with Gasteiger partial charge in [0.2, 0.25) is 0 Å². The van der Waals surface area contributed by atoms with Crippen LogP contribution in [-0.2, 0) is 7.05 Å². The first-order chi connectivity index (χ1) is 8.68. The van der Waals surface area contributed by atoms with Crippen molar-refractivity contribution in [2.45, 2.75) is 12.8 Å². The van der Waals surface area contributed by atoms with Crippen molar-refractivity contribution < 1.29 is 4.79 Å². The molecule has 0 radical (unpaired) electrons. The molecule has 1 saturated heterocycles. The largest absolute Gasteiger partial charge is 0.350 e. The molecule has 3 rings (SSSR count). The summed E-state index contributed by atoms with van der Waals surface area (Å²) < 4.78 is 1.92. The summed E-state index contributed by atoms with van der Waals surface area (Å²) in [6.45, 7) is 1.68. The van der Waals surface area contributed by atoms with Gasteiger partial charge in [0.1, 0.15) is 5.15 Å². The average Bonchev–Trinajstić information content (AvgIpc) is 3.00. The lowest BCUT2D eigenvalue weighted by Crippen LogP contribution is -2.28. The minimum atomic E-state index is 0.0588. The maximum Gasteiger partial charge on any atom is 0.257 e. The van der Waals surface area contributed by atoms with Gasteiger partial charge in [-0.1, -0.05) is 11.6 Å². The Balaban J connectivity index is 2.14. The van der Waals surface area contributed by atoms with E-state index in [0.717, 1.165) is 36.8 Å². The van der Waals surface area contributed by atoms with Gasteiger partial charge in [-0.15, -0.1) is 0 Å². The van der Waals surface area contributed by atoms with Gasteiger partial charge in [-0.2, -0.15) is 0 Å². The van der Waals surface area contributed by atoms with Gasteiger partial charge < -0.3 is 9.47 Å². The second-order valence-corrected chi connectivity index (χ2v) is 5.01. The number of rotatable bonds is 1. The van der Waals surface area contributed by atoms with Gasteiger partial charge in [0.25, 0.3) is 5.91 Å². The van der Waals surface area contributed by atoms with Gasteiger partial charge in [0, 0.05) is 37.9 Å². The number of hydrogen-bond acceptors (Lipinski definition) is 2. The quantitative estimate of drug-likeness (QED) is 0.742. The van der Waals surface area contributed by atoms with E-state index in [-0.39, 0.29) is 5.91 Å². The van der Waals surface area contributed by atoms with E-state index in [1.807, 2.05) is 28.8 Å². The van der Waals surface area contributed by atoms with Crippen LogP contribution in [0.4, 0.5) is 0 Å². The number of hydrogen-bond donors (Lipinski definition) is 0. The molecule has 1 aliphatic heterocycles. The Morgan fingerprint density at radius 3 is 2.83 bits per heavy atom. The van der Waals surface area contributed by atoms with Crippen molar-refractivity contribution in [3.63, 3.8) is 0 Å². The number of carbonyl (C=O) groups excluding carboxylic acids is 1. The zero-order chi connectivity index (χ0) is 12.7. The van der Waals surface area contributed by atoms with Crippen LogP contribution in [0.2, 0.25) is 5.15 Å². The topological polar surface area (TPSA) is 38.1 Å². The zero-order valence-corrected chi connectivity index (χ0v) is 10.9. The first-order valence-electron chi connectivity index (χ1n) is 6.07. The number of aromatic nitrogens is 2. The molecule has 4 nitrogen and oxygen atoms in total. The minimum absolute atomic E-state index is 0.0588. The highest BCUT2D eigenvalue weighted by molar-refractivity contribution is 6.34. The van der Waals surface area contributed by atoms with E-state index >= 15 is 0 Å². The third-order valence-corrected chi connectivity index (χ3v) is 3.78. The fourth-order valence-electron chi connectivity index (χ4n) is 2.53. The molecule has 0 N–H and O–H groups in total. The molecule has 2 aromatic heterocycles. The van der Waals surface area contributed by atoms with Gasteiger partial charge in [0.15, 0.2) is 0 Å². The van der Waals surface area contributed by atoms with Crippen LogP contribution >= 0.6 is 11.6 Å². The molecule has 0 aliphatic carbocycles. The second-order valence-electron chi connectivity index (χ2n) is 4.65. The monoisotopic (exact) mass is 263 g/mol. The highest BCUT2D eigenvalue weighted by atomic mass is 35.5. The van der Waals surface area contributed by atoms with Crippen molar-refractivity contribution >= 4 is 28.4 Å². The van der Waals surface area contributed by atoms with E-state index < -0.39 is 0 Å². The molecule has 94 valence electrons. The van der Waals surface area contributed by atoms with Crippen molar-refractivity contribution in [2.24, 2.45) is 7.05 Å². The number of pyridine rings is 1. The van der Waals surface area contributed by atoms with E-state index in [2.05, 4.69) is 4.98 Å². The first-order valence-corrected chi connectivity index (χ1v) is 6.45. The van der Waals surface area contributed by atoms with Crippen LogP contribution in [0.15, 0.2) is 18.5 Å². The Labute approximate surface area is 110 Å². The Kier molecular flexibility index (Phi) is 2.74. The lowest BCUT2D eigenvalue weighted by Gasteiger charge is -2.16. The van der Waals surface area contributed by atoms with E-state index in [0.29, 0.717) is 10.7 Å². The number of halogens is 1. The SMILES string of the molecule is Cn1ccc2c(Cl)ncc(C(=O)N3CCCC3)c21. The van der Waals surface area contributed by atoms with Crippen LogP contribution in [0.25, 0.3) is 10.9 Å². The molecule has 1 fully saturated rings. The Bertz CT molecular complexity index is 614. The van der Waals surface area contributed by atoms with E-state index in [9.17, 15) is 4.79 Å². The minimum Gasteiger partial charge on any atom is -0.350 e. The van der Waals surface area contributed by atoms with E-state index in [1.165, 1.54) is 0 Å². The smallest absolute Gasteiger partial charge is 0.257 e. The first kappa shape index (κ1) is 11.5. The van der Waals surface area contributed by atoms with Crippen molar-refractivity contribution in [2.75, 3.05) is 13.1 Å². The molecule has 0 unspecified atom stereocenters. The normalized spacial score (nSPS) is 15.6. The molecule has 0 saturated carbocycles. The lowest BCUT2D eigenvalue weighted by molar-refractivity contribution is 0.0794. The van der Waals surface area contributed by atoms with Gasteiger partial charge in [-0.3, -0.25) is 4.79 Å². The maximum atomic E-state index is 12.5. The molecule has 1 aliphatic rings. The van der Waals surface area contributed by atoms with Gasteiger partial charge in [-0.25, -0.2) is 4.98 Å². The summed E-state index contributed by atoms with van der Waals surface area (Å²) in [6.07, 6.45) is 5.66. The highest BCUT2D eigenvalue weighted by Gasteiger charge is 2.23. The lowest BCUT2D eigenvalue weighted by atomic mass is 10.2. The predicted octanol–water partition coefficient (Wildman–Crippen LogP) is 2.46. The molecule has 3 heterocycles. The van der Waals surface area contributed by atoms with Gasteiger partial charge in [0.05, 0.1) is 11.1 Å². The van der Waals surface area contributed by atoms with E-state index in [1.54, 1.807) is 6.20 Å². The summed E-state index contributed by atoms with van der Waals surface area (Å²) >= 11 is 6.06. The second kappa shape index (κ2) is 4.28. The molecule has 2 aromatic rings. The molecule has 0 aromatic carbocycles. The fraction of sp³-hybridized carbons (Fsp3) is 0.385. The van der Waals surface area contributed by atoms with Crippen LogP contribution in [-0.4, -0.2) is 33.4 Å². The number of fused-ring (bicyclic) bond motifs is 1. The van der Waals surface area contributed by atoms with Crippen LogP contribution in [0.3, 0.4) is 0 Å². The predicted molar refractivity (Wildman–Crippen MR) is 70.9 cm³/mol. The summed E-state index contributed by atoms with van der Waals surface area (Å²) in [5.74, 6) is 0.0588. The van der Waals surface area contributed by atoms with Crippen molar-refractivity contribution in [1.82, 2.24) is 14.5 Å². The van der Waals surface area contributed by atoms with Crippen LogP contribution in [0, 0.1) is 0 Å². The van der Waals surface area contributed by atoms with Crippen LogP contribution in [0.5, 0.6) is 0 Å². The fourth-order valence-corrected chi connectivity index (χ4v) is 2.73. The summed E-state index contributed by atoms with van der Waals surface area (Å²) in [6, 6.07) is 1.89. The molecule has 0 spiro atoms. The Hall–Kier alpha value is -1.55. The Morgan fingerprint density at radius 1 is 1.39 bits per heavy atom. The number of amides is 1. The molecule has 0 atom stereocenters. The van der Waals surface area contributed by atoms with Crippen molar-refractivity contribution in [3.8, 4) is 0 Å². The van der Waals surface area contributed by atoms with Crippen molar-refractivity contribution in [3.05, 3.63) is 29.2 Å². The van der Waals surface area contributed by atoms with Crippen LogP contribution in [0.1, 0.15) is 23.2 Å². The molecular formula is C13H14ClN3O. The Morgan fingerprint density at radius 2 is 2.11 bits per heavy atom. The maximum absolute atomic E-state index is 12.5. The number of carbonyl (C=O) groups is 1. The molecular weight excluding hydrogens is 250 g/mol. The third-order valence-electron chi connectivity index (χ3n) is 3.48. The number of likely N-dealkylation sites (tertiary alicyclic amines) is 1. The molecule has 18 heavy (non-hydrogen) atoms. The van der Waals surface area contributed by atoms with Gasteiger partial charge in [-0.05, 0) is 18.9 Å². The standard InChI is InChI=1S/C13H14ClN3O/c1-16-7-4-9-11(16)10(8-15-12(9)14)13(18)17-5-2-3-6-17/h4,7-8H,2-3,5-6H2,1H3. The van der Waals surface area contributed by atoms with Crippen molar-refractivity contribution in [1.29, 1.82) is 0 Å². The average molecular weight is 264 g/mol.